The Hall–Kier alpha value is -1.24. The van der Waals surface area contributed by atoms with Crippen LogP contribution in [0.4, 0.5) is 0 Å². The number of benzene rings is 1. The number of hydrogen-bond acceptors (Lipinski definition) is 6. The minimum absolute atomic E-state index is 0.151. The number of fused-ring (bicyclic) bond motifs is 1. The van der Waals surface area contributed by atoms with Crippen LogP contribution in [0.25, 0.3) is 10.1 Å². The molecule has 1 aromatic heterocycles. The summed E-state index contributed by atoms with van der Waals surface area (Å²) in [6.45, 7) is 3.63. The van der Waals surface area contributed by atoms with Crippen LogP contribution in [0.15, 0.2) is 24.3 Å². The maximum absolute atomic E-state index is 12.6. The Balaban J connectivity index is 2.40. The van der Waals surface area contributed by atoms with E-state index in [0.717, 1.165) is 16.0 Å². The Morgan fingerprint density at radius 1 is 1.27 bits per heavy atom. The first-order valence-corrected chi connectivity index (χ1v) is 9.17. The normalized spacial score (nSPS) is 13.4. The summed E-state index contributed by atoms with van der Waals surface area (Å²) in [5.41, 5.74) is 0.368. The lowest BCUT2D eigenvalue weighted by atomic mass is 10.2. The minimum atomic E-state index is -3.68. The van der Waals surface area contributed by atoms with Crippen LogP contribution < -0.4 is 0 Å². The largest absolute Gasteiger partial charge is 0.477 e. The lowest BCUT2D eigenvalue weighted by molar-refractivity contribution is 0.0702. The molecule has 0 bridgehead atoms. The van der Waals surface area contributed by atoms with Crippen LogP contribution in [0.5, 0.6) is 0 Å². The van der Waals surface area contributed by atoms with E-state index in [2.05, 4.69) is 0 Å². The molecule has 1 heterocycles. The maximum Gasteiger partial charge on any atom is 0.363 e. The Labute approximate surface area is 131 Å². The van der Waals surface area contributed by atoms with E-state index in [1.807, 2.05) is 0 Å². The molecule has 2 aromatic rings. The number of rotatable bonds is 7. The van der Waals surface area contributed by atoms with Gasteiger partial charge >= 0.3 is 13.6 Å². The van der Waals surface area contributed by atoms with Crippen LogP contribution in [-0.2, 0) is 13.6 Å². The van der Waals surface area contributed by atoms with Gasteiger partial charge in [0, 0.05) is 4.70 Å². The minimum Gasteiger partial charge on any atom is -0.477 e. The van der Waals surface area contributed by atoms with E-state index < -0.39 is 19.4 Å². The summed E-state index contributed by atoms with van der Waals surface area (Å²) in [4.78, 5) is 11.2. The Morgan fingerprint density at radius 3 is 2.45 bits per heavy atom. The van der Waals surface area contributed by atoms with Gasteiger partial charge in [0.05, 0.1) is 13.2 Å². The van der Waals surface area contributed by atoms with E-state index in [4.69, 9.17) is 14.2 Å². The molecule has 0 spiro atoms. The van der Waals surface area contributed by atoms with Gasteiger partial charge in [0.25, 0.3) is 0 Å². The van der Waals surface area contributed by atoms with Crippen LogP contribution in [0.2, 0.25) is 0 Å². The highest BCUT2D eigenvalue weighted by Crippen LogP contribution is 2.59. The van der Waals surface area contributed by atoms with E-state index in [1.165, 1.54) is 6.07 Å². The van der Waals surface area contributed by atoms with Gasteiger partial charge in [-0.05, 0) is 43.0 Å². The molecule has 0 aliphatic carbocycles. The first-order valence-electron chi connectivity index (χ1n) is 6.75. The van der Waals surface area contributed by atoms with Crippen molar-refractivity contribution >= 4 is 35.0 Å². The van der Waals surface area contributed by atoms with Gasteiger partial charge in [-0.1, -0.05) is 6.07 Å². The zero-order valence-electron chi connectivity index (χ0n) is 12.2. The molecule has 6 nitrogen and oxygen atoms in total. The smallest absolute Gasteiger partial charge is 0.363 e. The average molecular weight is 344 g/mol. The molecular weight excluding hydrogens is 327 g/mol. The second kappa shape index (κ2) is 6.89. The second-order valence-electron chi connectivity index (χ2n) is 4.46. The maximum atomic E-state index is 12.6. The van der Waals surface area contributed by atoms with Crippen LogP contribution in [-0.4, -0.2) is 29.4 Å². The molecule has 1 aromatic carbocycles. The van der Waals surface area contributed by atoms with Gasteiger partial charge in [-0.15, -0.1) is 11.3 Å². The van der Waals surface area contributed by atoms with E-state index in [-0.39, 0.29) is 18.1 Å². The van der Waals surface area contributed by atoms with Crippen molar-refractivity contribution in [3.8, 4) is 0 Å². The molecule has 0 radical (unpaired) electrons. The number of carbonyl (C=O) groups is 1. The Morgan fingerprint density at radius 2 is 1.91 bits per heavy atom. The molecule has 8 heteroatoms. The van der Waals surface area contributed by atoms with Crippen molar-refractivity contribution in [3.05, 3.63) is 34.7 Å². The summed E-state index contributed by atoms with van der Waals surface area (Å²) in [5.74, 6) is -2.41. The molecule has 22 heavy (non-hydrogen) atoms. The third-order valence-corrected chi connectivity index (χ3v) is 6.20. The average Bonchev–Trinajstić information content (AvgIpc) is 2.90. The molecule has 2 N–H and O–H groups in total. The van der Waals surface area contributed by atoms with Crippen molar-refractivity contribution in [2.45, 2.75) is 19.7 Å². The van der Waals surface area contributed by atoms with Gasteiger partial charge in [-0.25, -0.2) is 4.79 Å². The fourth-order valence-electron chi connectivity index (χ4n) is 2.05. The highest BCUT2D eigenvalue weighted by molar-refractivity contribution is 7.54. The second-order valence-corrected chi connectivity index (χ2v) is 7.63. The monoisotopic (exact) mass is 344 g/mol. The fraction of sp³-hybridized carbons (Fsp3) is 0.357. The van der Waals surface area contributed by atoms with E-state index >= 15 is 0 Å². The first-order chi connectivity index (χ1) is 10.4. The SMILES string of the molecule is CCOP(=O)(OCC)C(O)c1ccc2sc(C(=O)O)cc2c1. The molecular formula is C14H17O6PS. The van der Waals surface area contributed by atoms with Crippen molar-refractivity contribution in [3.63, 3.8) is 0 Å². The molecule has 1 atom stereocenters. The van der Waals surface area contributed by atoms with Crippen LogP contribution in [0.1, 0.15) is 34.9 Å². The summed E-state index contributed by atoms with van der Waals surface area (Å²) < 4.78 is 23.6. The standard InChI is InChI=1S/C14H17O6PS/c1-3-19-21(18,20-4-2)14(17)9-5-6-11-10(7-9)8-12(22-11)13(15)16/h5-8,14,17H,3-4H2,1-2H3,(H,15,16). The molecule has 0 fully saturated rings. The number of aliphatic hydroxyl groups excluding tert-OH is 1. The molecule has 2 rings (SSSR count). The highest BCUT2D eigenvalue weighted by Gasteiger charge is 2.35. The topological polar surface area (TPSA) is 93.1 Å². The van der Waals surface area contributed by atoms with Gasteiger partial charge < -0.3 is 19.3 Å². The molecule has 1 unspecified atom stereocenters. The lowest BCUT2D eigenvalue weighted by Gasteiger charge is -2.22. The van der Waals surface area contributed by atoms with Crippen molar-refractivity contribution in [2.75, 3.05) is 13.2 Å². The summed E-state index contributed by atoms with van der Waals surface area (Å²) in [6.07, 6.45) is 0. The van der Waals surface area contributed by atoms with E-state index in [0.29, 0.717) is 10.9 Å². The predicted molar refractivity (Wildman–Crippen MR) is 84.6 cm³/mol. The molecule has 120 valence electrons. The first kappa shape index (κ1) is 17.1. The van der Waals surface area contributed by atoms with Crippen LogP contribution >= 0.6 is 18.9 Å². The highest BCUT2D eigenvalue weighted by atomic mass is 32.1. The van der Waals surface area contributed by atoms with Crippen molar-refractivity contribution in [1.29, 1.82) is 0 Å². The van der Waals surface area contributed by atoms with Gasteiger partial charge in [0.2, 0.25) is 0 Å². The third kappa shape index (κ3) is 3.39. The summed E-state index contributed by atoms with van der Waals surface area (Å²) in [6, 6.07) is 6.41. The van der Waals surface area contributed by atoms with Gasteiger partial charge in [0.1, 0.15) is 4.88 Å². The zero-order chi connectivity index (χ0) is 16.3. The van der Waals surface area contributed by atoms with E-state index in [9.17, 15) is 14.5 Å². The van der Waals surface area contributed by atoms with Crippen LogP contribution in [0, 0.1) is 0 Å². The molecule has 0 aliphatic rings. The lowest BCUT2D eigenvalue weighted by Crippen LogP contribution is -2.06. The number of thiophene rings is 1. The number of aliphatic hydroxyl groups is 1. The quantitative estimate of drug-likeness (QED) is 0.741. The van der Waals surface area contributed by atoms with Gasteiger partial charge in [-0.2, -0.15) is 0 Å². The number of aromatic carboxylic acids is 1. The molecule has 0 amide bonds. The van der Waals surface area contributed by atoms with Crippen LogP contribution in [0.3, 0.4) is 0 Å². The summed E-state index contributed by atoms with van der Waals surface area (Å²) in [5, 5.41) is 20.0. The number of carboxylic acids is 1. The third-order valence-electron chi connectivity index (χ3n) is 2.97. The number of hydrogen-bond donors (Lipinski definition) is 2. The predicted octanol–water partition coefficient (Wildman–Crippen LogP) is 3.86. The van der Waals surface area contributed by atoms with Crippen molar-refractivity contribution < 1.29 is 28.6 Å². The van der Waals surface area contributed by atoms with Crippen molar-refractivity contribution in [1.82, 2.24) is 0 Å². The Bertz CT molecular complexity index is 715. The summed E-state index contributed by atoms with van der Waals surface area (Å²) >= 11 is 1.14. The fourth-order valence-corrected chi connectivity index (χ4v) is 4.53. The molecule has 0 aliphatic heterocycles. The zero-order valence-corrected chi connectivity index (χ0v) is 13.9. The van der Waals surface area contributed by atoms with Gasteiger partial charge in [-0.3, -0.25) is 4.57 Å². The van der Waals surface area contributed by atoms with E-state index in [1.54, 1.807) is 32.0 Å². The summed E-state index contributed by atoms with van der Waals surface area (Å²) in [7, 11) is -3.68. The number of carboxylic acid groups (broad SMARTS) is 1. The van der Waals surface area contributed by atoms with Crippen molar-refractivity contribution in [2.24, 2.45) is 0 Å². The molecule has 0 saturated carbocycles. The Kier molecular flexibility index (Phi) is 5.36. The molecule has 0 saturated heterocycles. The van der Waals surface area contributed by atoms with Gasteiger partial charge in [0.15, 0.2) is 5.85 Å².